The second kappa shape index (κ2) is 8.30. The van der Waals surface area contributed by atoms with Crippen LogP contribution in [0.15, 0.2) is 66.8 Å². The summed E-state index contributed by atoms with van der Waals surface area (Å²) in [5.74, 6) is -1.28. The highest BCUT2D eigenvalue weighted by Gasteiger charge is 2.34. The smallest absolute Gasteiger partial charge is 0.331 e. The van der Waals surface area contributed by atoms with Crippen molar-refractivity contribution in [2.24, 2.45) is 0 Å². The Bertz CT molecular complexity index is 967. The lowest BCUT2D eigenvalue weighted by molar-refractivity contribution is -0.129. The quantitative estimate of drug-likeness (QED) is 0.475. The molecule has 0 saturated carbocycles. The van der Waals surface area contributed by atoms with E-state index in [-0.39, 0.29) is 24.5 Å². The van der Waals surface area contributed by atoms with Gasteiger partial charge in [-0.15, -0.1) is 6.58 Å². The van der Waals surface area contributed by atoms with E-state index in [9.17, 15) is 18.8 Å². The summed E-state index contributed by atoms with van der Waals surface area (Å²) >= 11 is 0. The van der Waals surface area contributed by atoms with Gasteiger partial charge in [0.15, 0.2) is 0 Å². The molecule has 1 saturated heterocycles. The molecule has 1 fully saturated rings. The maximum atomic E-state index is 13.6. The first-order chi connectivity index (χ1) is 13.5. The predicted octanol–water partition coefficient (Wildman–Crippen LogP) is 3.05. The fourth-order valence-electron chi connectivity index (χ4n) is 2.59. The third-order valence-corrected chi connectivity index (χ3v) is 4.04. The number of urea groups is 1. The van der Waals surface area contributed by atoms with Crippen LogP contribution in [0.5, 0.6) is 5.75 Å². The molecule has 0 radical (unpaired) electrons. The minimum atomic E-state index is -0.774. The molecule has 28 heavy (non-hydrogen) atoms. The van der Waals surface area contributed by atoms with Gasteiger partial charge in [0.2, 0.25) is 0 Å². The molecule has 1 aliphatic rings. The fraction of sp³-hybridized carbons (Fsp3) is 0.0952. The van der Waals surface area contributed by atoms with E-state index in [1.54, 1.807) is 42.5 Å². The molecule has 142 valence electrons. The zero-order chi connectivity index (χ0) is 20.1. The van der Waals surface area contributed by atoms with Crippen molar-refractivity contribution < 1.29 is 23.5 Å². The van der Waals surface area contributed by atoms with Crippen LogP contribution < -0.4 is 10.1 Å². The van der Waals surface area contributed by atoms with Crippen molar-refractivity contribution in [1.29, 1.82) is 0 Å². The van der Waals surface area contributed by atoms with Gasteiger partial charge in [-0.3, -0.25) is 19.8 Å². The largest absolute Gasteiger partial charge is 0.489 e. The van der Waals surface area contributed by atoms with E-state index in [4.69, 9.17) is 4.74 Å². The standard InChI is InChI=1S/C21H17FN2O4/c1-2-11-24-20(26)17(19(25)23-21(24)27)12-14-7-9-16(10-8-14)28-13-15-5-3-4-6-18(15)22/h2-10,12H,1,11,13H2,(H,23,25,27)/b17-12+. The van der Waals surface area contributed by atoms with Crippen molar-refractivity contribution >= 4 is 23.9 Å². The van der Waals surface area contributed by atoms with Gasteiger partial charge in [0.1, 0.15) is 23.7 Å². The second-order valence-electron chi connectivity index (χ2n) is 5.97. The highest BCUT2D eigenvalue weighted by molar-refractivity contribution is 6.31. The molecule has 0 atom stereocenters. The third-order valence-electron chi connectivity index (χ3n) is 4.04. The second-order valence-corrected chi connectivity index (χ2v) is 5.97. The van der Waals surface area contributed by atoms with Gasteiger partial charge in [-0.25, -0.2) is 9.18 Å². The van der Waals surface area contributed by atoms with Crippen molar-refractivity contribution in [1.82, 2.24) is 10.2 Å². The van der Waals surface area contributed by atoms with Crippen molar-refractivity contribution in [3.8, 4) is 5.75 Å². The number of amides is 4. The predicted molar refractivity (Wildman–Crippen MR) is 101 cm³/mol. The molecular weight excluding hydrogens is 363 g/mol. The summed E-state index contributed by atoms with van der Waals surface area (Å²) in [6.07, 6.45) is 2.79. The number of benzene rings is 2. The lowest BCUT2D eigenvalue weighted by Gasteiger charge is -2.25. The minimum absolute atomic E-state index is 0.00187. The molecule has 2 aromatic carbocycles. The number of halogens is 1. The molecule has 1 heterocycles. The van der Waals surface area contributed by atoms with E-state index in [1.165, 1.54) is 18.2 Å². The number of hydrogen-bond donors (Lipinski definition) is 1. The summed E-state index contributed by atoms with van der Waals surface area (Å²) in [4.78, 5) is 37.0. The number of ether oxygens (including phenoxy) is 1. The van der Waals surface area contributed by atoms with Crippen LogP contribution in [-0.4, -0.2) is 29.3 Å². The van der Waals surface area contributed by atoms with Gasteiger partial charge >= 0.3 is 6.03 Å². The zero-order valence-electron chi connectivity index (χ0n) is 14.9. The molecule has 4 amide bonds. The van der Waals surface area contributed by atoms with Crippen LogP contribution in [0.3, 0.4) is 0 Å². The number of carbonyl (C=O) groups excluding carboxylic acids is 3. The molecule has 3 rings (SSSR count). The monoisotopic (exact) mass is 380 g/mol. The Kier molecular flexibility index (Phi) is 5.64. The maximum Gasteiger partial charge on any atom is 0.331 e. The topological polar surface area (TPSA) is 75.7 Å². The number of nitrogens with zero attached hydrogens (tertiary/aromatic N) is 1. The van der Waals surface area contributed by atoms with Gasteiger partial charge in [0.05, 0.1) is 0 Å². The minimum Gasteiger partial charge on any atom is -0.489 e. The van der Waals surface area contributed by atoms with Gasteiger partial charge in [-0.05, 0) is 29.8 Å². The number of nitrogens with one attached hydrogen (secondary N) is 1. The van der Waals surface area contributed by atoms with Crippen LogP contribution in [0.4, 0.5) is 9.18 Å². The number of carbonyl (C=O) groups is 3. The summed E-state index contributed by atoms with van der Waals surface area (Å²) < 4.78 is 19.2. The lowest BCUT2D eigenvalue weighted by Crippen LogP contribution is -2.54. The average molecular weight is 380 g/mol. The molecule has 0 aliphatic carbocycles. The van der Waals surface area contributed by atoms with E-state index in [2.05, 4.69) is 11.9 Å². The molecule has 0 spiro atoms. The van der Waals surface area contributed by atoms with Crippen LogP contribution in [0, 0.1) is 5.82 Å². The van der Waals surface area contributed by atoms with Crippen LogP contribution in [0.2, 0.25) is 0 Å². The van der Waals surface area contributed by atoms with Crippen molar-refractivity contribution in [3.63, 3.8) is 0 Å². The van der Waals surface area contributed by atoms with E-state index >= 15 is 0 Å². The molecule has 0 unspecified atom stereocenters. The number of barbiturate groups is 1. The van der Waals surface area contributed by atoms with Crippen molar-refractivity contribution in [2.75, 3.05) is 6.54 Å². The van der Waals surface area contributed by atoms with Crippen LogP contribution in [0.25, 0.3) is 6.08 Å². The maximum absolute atomic E-state index is 13.6. The lowest BCUT2D eigenvalue weighted by atomic mass is 10.1. The number of rotatable bonds is 6. The SMILES string of the molecule is C=CCN1C(=O)NC(=O)/C(=C\c2ccc(OCc3ccccc3F)cc2)C1=O. The Morgan fingerprint density at radius 3 is 2.46 bits per heavy atom. The normalized spacial score (nSPS) is 15.5. The van der Waals surface area contributed by atoms with Gasteiger partial charge < -0.3 is 4.74 Å². The first-order valence-corrected chi connectivity index (χ1v) is 8.45. The summed E-state index contributed by atoms with van der Waals surface area (Å²) in [6.45, 7) is 3.56. The Hall–Kier alpha value is -3.74. The Balaban J connectivity index is 1.73. The summed E-state index contributed by atoms with van der Waals surface area (Å²) in [5, 5.41) is 2.12. The summed E-state index contributed by atoms with van der Waals surface area (Å²) in [7, 11) is 0. The summed E-state index contributed by atoms with van der Waals surface area (Å²) in [5.41, 5.74) is 0.858. The first-order valence-electron chi connectivity index (χ1n) is 8.45. The average Bonchev–Trinajstić information content (AvgIpc) is 2.69. The molecule has 1 aliphatic heterocycles. The van der Waals surface area contributed by atoms with Gasteiger partial charge in [0, 0.05) is 12.1 Å². The van der Waals surface area contributed by atoms with Crippen LogP contribution >= 0.6 is 0 Å². The van der Waals surface area contributed by atoms with E-state index < -0.39 is 17.8 Å². The molecule has 1 N–H and O–H groups in total. The molecule has 2 aromatic rings. The number of imide groups is 2. The highest BCUT2D eigenvalue weighted by atomic mass is 19.1. The third kappa shape index (κ3) is 4.15. The number of hydrogen-bond acceptors (Lipinski definition) is 4. The van der Waals surface area contributed by atoms with E-state index in [1.807, 2.05) is 0 Å². The molecule has 0 bridgehead atoms. The summed E-state index contributed by atoms with van der Waals surface area (Å²) in [6, 6.07) is 12.1. The molecular formula is C21H17FN2O4. The van der Waals surface area contributed by atoms with E-state index in [0.29, 0.717) is 16.9 Å². The van der Waals surface area contributed by atoms with Crippen LogP contribution in [0.1, 0.15) is 11.1 Å². The van der Waals surface area contributed by atoms with Crippen LogP contribution in [-0.2, 0) is 16.2 Å². The molecule has 6 nitrogen and oxygen atoms in total. The van der Waals surface area contributed by atoms with Crippen molar-refractivity contribution in [3.05, 3.63) is 83.7 Å². The fourth-order valence-corrected chi connectivity index (χ4v) is 2.59. The van der Waals surface area contributed by atoms with Gasteiger partial charge in [0.25, 0.3) is 11.8 Å². The Labute approximate surface area is 160 Å². The van der Waals surface area contributed by atoms with E-state index in [0.717, 1.165) is 4.90 Å². The molecule has 0 aromatic heterocycles. The van der Waals surface area contributed by atoms with Crippen molar-refractivity contribution in [2.45, 2.75) is 6.61 Å². The Morgan fingerprint density at radius 2 is 1.79 bits per heavy atom. The van der Waals surface area contributed by atoms with Gasteiger partial charge in [-0.2, -0.15) is 0 Å². The highest BCUT2D eigenvalue weighted by Crippen LogP contribution is 2.19. The first kappa shape index (κ1) is 19.0. The van der Waals surface area contributed by atoms with Gasteiger partial charge in [-0.1, -0.05) is 36.4 Å². The Morgan fingerprint density at radius 1 is 1.07 bits per heavy atom. The molecule has 7 heteroatoms. The zero-order valence-corrected chi connectivity index (χ0v) is 14.9.